The Hall–Kier alpha value is -2.94. The Labute approximate surface area is 209 Å². The van der Waals surface area contributed by atoms with E-state index in [-0.39, 0.29) is 17.6 Å². The minimum absolute atomic E-state index is 0.0342. The summed E-state index contributed by atoms with van der Waals surface area (Å²) in [4.78, 5) is 26.0. The van der Waals surface area contributed by atoms with E-state index in [0.29, 0.717) is 30.9 Å². The molecule has 8 heteroatoms. The average molecular weight is 496 g/mol. The topological polar surface area (TPSA) is 70.7 Å². The number of methoxy groups -OCH3 is 1. The molecule has 1 heterocycles. The Balaban J connectivity index is 1.48. The Kier molecular flexibility index (Phi) is 8.74. The van der Waals surface area contributed by atoms with Gasteiger partial charge in [-0.05, 0) is 67.6 Å². The van der Waals surface area contributed by atoms with E-state index in [1.54, 1.807) is 37.3 Å². The highest BCUT2D eigenvalue weighted by Gasteiger charge is 2.27. The minimum atomic E-state index is -0.258. The van der Waals surface area contributed by atoms with Gasteiger partial charge in [0.15, 0.2) is 6.29 Å². The molecule has 3 aromatic rings. The first kappa shape index (κ1) is 25.2. The summed E-state index contributed by atoms with van der Waals surface area (Å²) in [6.07, 6.45) is 3.41. The van der Waals surface area contributed by atoms with Gasteiger partial charge >= 0.3 is 0 Å². The Morgan fingerprint density at radius 2 is 1.97 bits per heavy atom. The van der Waals surface area contributed by atoms with Crippen molar-refractivity contribution in [3.8, 4) is 0 Å². The number of hydrogen-bond acceptors (Lipinski definition) is 6. The SMILES string of the molecule is COCCCNc1ccc(NC(=O)C2CCCN(Sc3ccc(F)cc3)C2)c2cccc(C=O)c12. The quantitative estimate of drug-likeness (QED) is 0.217. The number of nitrogens with one attached hydrogen (secondary N) is 2. The highest BCUT2D eigenvalue weighted by atomic mass is 32.2. The standard InChI is InChI=1S/C27H30FN3O3S/c1-34-16-4-14-29-25-13-12-24(23-7-2-5-20(18-32)26(23)25)30-27(33)19-6-3-15-31(17-19)35-22-10-8-21(28)9-11-22/h2,5,7-13,18-19,29H,3-4,6,14-17H2,1H3,(H,30,33). The first-order valence-corrected chi connectivity index (χ1v) is 12.6. The van der Waals surface area contributed by atoms with Crippen molar-refractivity contribution in [3.05, 3.63) is 66.0 Å². The zero-order chi connectivity index (χ0) is 24.6. The lowest BCUT2D eigenvalue weighted by molar-refractivity contribution is -0.120. The number of aldehydes is 1. The number of halogens is 1. The normalized spacial score (nSPS) is 16.2. The summed E-state index contributed by atoms with van der Waals surface area (Å²) in [5.74, 6) is -0.452. The van der Waals surface area contributed by atoms with Crippen LogP contribution in [0.15, 0.2) is 59.5 Å². The van der Waals surface area contributed by atoms with E-state index in [9.17, 15) is 14.0 Å². The molecule has 0 aliphatic carbocycles. The molecule has 35 heavy (non-hydrogen) atoms. The van der Waals surface area contributed by atoms with Crippen molar-refractivity contribution < 1.29 is 18.7 Å². The van der Waals surface area contributed by atoms with Crippen molar-refractivity contribution >= 4 is 46.3 Å². The van der Waals surface area contributed by atoms with Gasteiger partial charge in [-0.25, -0.2) is 8.70 Å². The van der Waals surface area contributed by atoms with E-state index in [0.717, 1.165) is 53.4 Å². The van der Waals surface area contributed by atoms with Crippen LogP contribution in [-0.4, -0.2) is 49.8 Å². The van der Waals surface area contributed by atoms with Crippen LogP contribution in [0.3, 0.4) is 0 Å². The maximum atomic E-state index is 13.2. The molecule has 2 N–H and O–H groups in total. The molecule has 184 valence electrons. The van der Waals surface area contributed by atoms with Crippen LogP contribution in [0.25, 0.3) is 10.8 Å². The summed E-state index contributed by atoms with van der Waals surface area (Å²) in [5.41, 5.74) is 2.13. The van der Waals surface area contributed by atoms with E-state index in [4.69, 9.17) is 4.74 Å². The van der Waals surface area contributed by atoms with E-state index >= 15 is 0 Å². The molecule has 0 bridgehead atoms. The predicted molar refractivity (Wildman–Crippen MR) is 140 cm³/mol. The van der Waals surface area contributed by atoms with Crippen molar-refractivity contribution in [2.45, 2.75) is 24.2 Å². The molecule has 4 rings (SSSR count). The third kappa shape index (κ3) is 6.39. The number of amides is 1. The average Bonchev–Trinajstić information content (AvgIpc) is 2.88. The highest BCUT2D eigenvalue weighted by Crippen LogP contribution is 2.34. The molecular formula is C27H30FN3O3S. The molecule has 0 radical (unpaired) electrons. The summed E-state index contributed by atoms with van der Waals surface area (Å²) in [6.45, 7) is 2.86. The molecule has 1 amide bonds. The molecular weight excluding hydrogens is 465 g/mol. The molecule has 1 aliphatic heterocycles. The maximum absolute atomic E-state index is 13.2. The van der Waals surface area contributed by atoms with Gasteiger partial charge in [-0.2, -0.15) is 0 Å². The molecule has 6 nitrogen and oxygen atoms in total. The second kappa shape index (κ2) is 12.2. The number of anilines is 2. The van der Waals surface area contributed by atoms with Crippen LogP contribution in [0.4, 0.5) is 15.8 Å². The van der Waals surface area contributed by atoms with Crippen molar-refractivity contribution in [2.75, 3.05) is 44.0 Å². The lowest BCUT2D eigenvalue weighted by Gasteiger charge is -2.31. The fourth-order valence-electron chi connectivity index (χ4n) is 4.35. The lowest BCUT2D eigenvalue weighted by Crippen LogP contribution is -2.37. The first-order chi connectivity index (χ1) is 17.1. The lowest BCUT2D eigenvalue weighted by atomic mass is 9.97. The van der Waals surface area contributed by atoms with E-state index in [2.05, 4.69) is 14.9 Å². The van der Waals surface area contributed by atoms with Crippen molar-refractivity contribution in [1.82, 2.24) is 4.31 Å². The van der Waals surface area contributed by atoms with Crippen molar-refractivity contribution in [1.29, 1.82) is 0 Å². The number of ether oxygens (including phenoxy) is 1. The van der Waals surface area contributed by atoms with Gasteiger partial charge in [0.2, 0.25) is 5.91 Å². The van der Waals surface area contributed by atoms with Crippen LogP contribution in [0.5, 0.6) is 0 Å². The van der Waals surface area contributed by atoms with Crippen LogP contribution < -0.4 is 10.6 Å². The van der Waals surface area contributed by atoms with Gasteiger partial charge in [0.05, 0.1) is 5.92 Å². The number of rotatable bonds is 10. The monoisotopic (exact) mass is 495 g/mol. The zero-order valence-electron chi connectivity index (χ0n) is 19.8. The summed E-state index contributed by atoms with van der Waals surface area (Å²) >= 11 is 1.55. The third-order valence-corrected chi connectivity index (χ3v) is 7.17. The van der Waals surface area contributed by atoms with Crippen LogP contribution >= 0.6 is 11.9 Å². The molecule has 1 saturated heterocycles. The second-order valence-electron chi connectivity index (χ2n) is 8.58. The summed E-state index contributed by atoms with van der Waals surface area (Å²) in [5, 5.41) is 8.13. The van der Waals surface area contributed by atoms with E-state index in [1.807, 2.05) is 24.3 Å². The van der Waals surface area contributed by atoms with Gasteiger partial charge < -0.3 is 15.4 Å². The number of nitrogens with zero attached hydrogens (tertiary/aromatic N) is 1. The molecule has 1 fully saturated rings. The van der Waals surface area contributed by atoms with Crippen LogP contribution in [0, 0.1) is 11.7 Å². The minimum Gasteiger partial charge on any atom is -0.385 e. The summed E-state index contributed by atoms with van der Waals surface area (Å²) in [6, 6.07) is 15.8. The Morgan fingerprint density at radius 1 is 1.17 bits per heavy atom. The fourth-order valence-corrected chi connectivity index (χ4v) is 5.38. The molecule has 0 aromatic heterocycles. The largest absolute Gasteiger partial charge is 0.385 e. The van der Waals surface area contributed by atoms with Gasteiger partial charge in [-0.15, -0.1) is 0 Å². The van der Waals surface area contributed by atoms with Gasteiger partial charge in [-0.3, -0.25) is 9.59 Å². The van der Waals surface area contributed by atoms with Crippen molar-refractivity contribution in [3.63, 3.8) is 0 Å². The molecule has 3 aromatic carbocycles. The maximum Gasteiger partial charge on any atom is 0.228 e. The zero-order valence-corrected chi connectivity index (χ0v) is 20.6. The molecule has 0 spiro atoms. The van der Waals surface area contributed by atoms with E-state index in [1.165, 1.54) is 12.1 Å². The molecule has 1 atom stereocenters. The molecule has 1 aliphatic rings. The third-order valence-electron chi connectivity index (χ3n) is 6.10. The first-order valence-electron chi connectivity index (χ1n) is 11.8. The molecule has 0 saturated carbocycles. The number of hydrogen-bond donors (Lipinski definition) is 2. The number of benzene rings is 3. The van der Waals surface area contributed by atoms with Gasteiger partial charge in [0, 0.05) is 66.0 Å². The summed E-state index contributed by atoms with van der Waals surface area (Å²) in [7, 11) is 1.67. The number of carbonyl (C=O) groups excluding carboxylic acids is 2. The van der Waals surface area contributed by atoms with Crippen LogP contribution in [-0.2, 0) is 9.53 Å². The molecule has 1 unspecified atom stereocenters. The number of fused-ring (bicyclic) bond motifs is 1. The Bertz CT molecular complexity index is 1170. The second-order valence-corrected chi connectivity index (χ2v) is 9.75. The van der Waals surface area contributed by atoms with Gasteiger partial charge in [0.25, 0.3) is 0 Å². The van der Waals surface area contributed by atoms with Crippen LogP contribution in [0.2, 0.25) is 0 Å². The fraction of sp³-hybridized carbons (Fsp3) is 0.333. The van der Waals surface area contributed by atoms with E-state index < -0.39 is 0 Å². The van der Waals surface area contributed by atoms with Crippen LogP contribution in [0.1, 0.15) is 29.6 Å². The van der Waals surface area contributed by atoms with Crippen molar-refractivity contribution in [2.24, 2.45) is 5.92 Å². The number of piperidine rings is 1. The predicted octanol–water partition coefficient (Wildman–Crippen LogP) is 5.60. The Morgan fingerprint density at radius 3 is 2.74 bits per heavy atom. The highest BCUT2D eigenvalue weighted by molar-refractivity contribution is 7.97. The smallest absolute Gasteiger partial charge is 0.228 e. The summed E-state index contributed by atoms with van der Waals surface area (Å²) < 4.78 is 20.5. The number of carbonyl (C=O) groups is 2. The van der Waals surface area contributed by atoms with Gasteiger partial charge in [0.1, 0.15) is 5.82 Å². The van der Waals surface area contributed by atoms with Gasteiger partial charge in [-0.1, -0.05) is 18.2 Å².